The van der Waals surface area contributed by atoms with Gasteiger partial charge in [0.1, 0.15) is 11.6 Å². The van der Waals surface area contributed by atoms with Crippen LogP contribution in [0.2, 0.25) is 0 Å². The van der Waals surface area contributed by atoms with Crippen molar-refractivity contribution in [2.45, 2.75) is 69.9 Å². The summed E-state index contributed by atoms with van der Waals surface area (Å²) in [6, 6.07) is 7.05. The summed E-state index contributed by atoms with van der Waals surface area (Å²) in [5.41, 5.74) is 1.26. The number of aromatic nitrogens is 3. The SMILES string of the molecule is c1cc2c(cc1N1CCC(N3CCC(c4nnc5n4CCCCC5)CC3)CC1)OCO2. The van der Waals surface area contributed by atoms with Crippen LogP contribution in [0.4, 0.5) is 5.69 Å². The molecule has 1 aromatic carbocycles. The van der Waals surface area contributed by atoms with Crippen LogP contribution in [0.3, 0.4) is 0 Å². The highest BCUT2D eigenvalue weighted by Gasteiger charge is 2.31. The molecule has 2 fully saturated rings. The highest BCUT2D eigenvalue weighted by molar-refractivity contribution is 5.57. The van der Waals surface area contributed by atoms with Crippen LogP contribution >= 0.6 is 0 Å². The number of likely N-dealkylation sites (tertiary alicyclic amines) is 1. The summed E-state index contributed by atoms with van der Waals surface area (Å²) in [7, 11) is 0. The van der Waals surface area contributed by atoms with Crippen LogP contribution in [0.25, 0.3) is 0 Å². The first kappa shape index (κ1) is 19.4. The normalized spacial score (nSPS) is 23.0. The topological polar surface area (TPSA) is 55.7 Å². The maximum Gasteiger partial charge on any atom is 0.231 e. The number of benzene rings is 1. The second-order valence-electron chi connectivity index (χ2n) is 9.50. The van der Waals surface area contributed by atoms with Crippen molar-refractivity contribution >= 4 is 5.69 Å². The summed E-state index contributed by atoms with van der Waals surface area (Å²) in [6.45, 7) is 6.08. The molecule has 0 amide bonds. The highest BCUT2D eigenvalue weighted by Crippen LogP contribution is 2.37. The number of ether oxygens (including phenoxy) is 2. The van der Waals surface area contributed by atoms with Gasteiger partial charge in [0.25, 0.3) is 0 Å². The summed E-state index contributed by atoms with van der Waals surface area (Å²) in [6.07, 6.45) is 9.89. The van der Waals surface area contributed by atoms with Gasteiger partial charge in [-0.2, -0.15) is 0 Å². The van der Waals surface area contributed by atoms with Crippen LogP contribution in [-0.4, -0.2) is 58.7 Å². The third kappa shape index (κ3) is 3.77. The van der Waals surface area contributed by atoms with E-state index in [1.807, 2.05) is 6.07 Å². The Bertz CT molecular complexity index is 913. The third-order valence-electron chi connectivity index (χ3n) is 7.73. The molecule has 0 aliphatic carbocycles. The van der Waals surface area contributed by atoms with Crippen molar-refractivity contribution in [1.29, 1.82) is 0 Å². The van der Waals surface area contributed by atoms with Crippen molar-refractivity contribution in [3.63, 3.8) is 0 Å². The molecule has 1 aromatic heterocycles. The molecule has 4 aliphatic rings. The van der Waals surface area contributed by atoms with E-state index in [0.29, 0.717) is 18.8 Å². The Morgan fingerprint density at radius 2 is 1.65 bits per heavy atom. The maximum absolute atomic E-state index is 5.56. The van der Waals surface area contributed by atoms with Gasteiger partial charge in [0.2, 0.25) is 6.79 Å². The first-order chi connectivity index (χ1) is 15.3. The molecule has 0 bridgehead atoms. The van der Waals surface area contributed by atoms with Gasteiger partial charge in [-0.15, -0.1) is 10.2 Å². The van der Waals surface area contributed by atoms with Crippen LogP contribution in [0.15, 0.2) is 18.2 Å². The van der Waals surface area contributed by atoms with E-state index in [1.54, 1.807) is 0 Å². The fourth-order valence-electron chi connectivity index (χ4n) is 5.90. The summed E-state index contributed by atoms with van der Waals surface area (Å²) < 4.78 is 13.5. The van der Waals surface area contributed by atoms with E-state index < -0.39 is 0 Å². The van der Waals surface area contributed by atoms with Crippen LogP contribution < -0.4 is 14.4 Å². The molecule has 5 heterocycles. The number of nitrogens with zero attached hydrogens (tertiary/aromatic N) is 5. The van der Waals surface area contributed by atoms with E-state index in [9.17, 15) is 0 Å². The Morgan fingerprint density at radius 3 is 2.52 bits per heavy atom. The number of rotatable bonds is 3. The van der Waals surface area contributed by atoms with E-state index in [0.717, 1.165) is 37.6 Å². The monoisotopic (exact) mass is 423 g/mol. The molecule has 7 heteroatoms. The smallest absolute Gasteiger partial charge is 0.231 e. The Kier molecular flexibility index (Phi) is 5.22. The lowest BCUT2D eigenvalue weighted by molar-refractivity contribution is 0.129. The van der Waals surface area contributed by atoms with Crippen molar-refractivity contribution in [2.75, 3.05) is 37.9 Å². The molecule has 166 valence electrons. The summed E-state index contributed by atoms with van der Waals surface area (Å²) >= 11 is 0. The van der Waals surface area contributed by atoms with Crippen LogP contribution in [0.1, 0.15) is 62.5 Å². The van der Waals surface area contributed by atoms with E-state index in [4.69, 9.17) is 9.47 Å². The van der Waals surface area contributed by atoms with Crippen molar-refractivity contribution in [2.24, 2.45) is 0 Å². The number of anilines is 1. The third-order valence-corrected chi connectivity index (χ3v) is 7.73. The lowest BCUT2D eigenvalue weighted by Gasteiger charge is -2.42. The van der Waals surface area contributed by atoms with Gasteiger partial charge >= 0.3 is 0 Å². The van der Waals surface area contributed by atoms with Gasteiger partial charge in [-0.1, -0.05) is 6.42 Å². The van der Waals surface area contributed by atoms with E-state index in [2.05, 4.69) is 36.7 Å². The van der Waals surface area contributed by atoms with Gasteiger partial charge in [0, 0.05) is 49.8 Å². The highest BCUT2D eigenvalue weighted by atomic mass is 16.7. The first-order valence-electron chi connectivity index (χ1n) is 12.2. The fourth-order valence-corrected chi connectivity index (χ4v) is 5.90. The summed E-state index contributed by atoms with van der Waals surface area (Å²) in [4.78, 5) is 5.24. The van der Waals surface area contributed by atoms with Crippen molar-refractivity contribution < 1.29 is 9.47 Å². The average Bonchev–Trinajstić information content (AvgIpc) is 3.39. The number of piperidine rings is 2. The minimum atomic E-state index is 0.342. The number of hydrogen-bond donors (Lipinski definition) is 0. The summed E-state index contributed by atoms with van der Waals surface area (Å²) in [5, 5.41) is 9.17. The maximum atomic E-state index is 5.56. The molecule has 31 heavy (non-hydrogen) atoms. The van der Waals surface area contributed by atoms with Gasteiger partial charge in [0.15, 0.2) is 11.5 Å². The molecule has 2 aromatic rings. The second kappa shape index (κ2) is 8.34. The van der Waals surface area contributed by atoms with E-state index in [-0.39, 0.29) is 0 Å². The molecule has 6 rings (SSSR count). The second-order valence-corrected chi connectivity index (χ2v) is 9.50. The lowest BCUT2D eigenvalue weighted by Crippen LogP contribution is -2.47. The van der Waals surface area contributed by atoms with Crippen LogP contribution in [0.5, 0.6) is 11.5 Å². The number of hydrogen-bond acceptors (Lipinski definition) is 6. The Hall–Kier alpha value is -2.28. The number of aryl methyl sites for hydroxylation is 1. The molecule has 0 N–H and O–H groups in total. The fraction of sp³-hybridized carbons (Fsp3) is 0.667. The first-order valence-corrected chi connectivity index (χ1v) is 12.2. The molecule has 0 radical (unpaired) electrons. The molecule has 2 saturated heterocycles. The molecule has 0 unspecified atom stereocenters. The van der Waals surface area contributed by atoms with Gasteiger partial charge < -0.3 is 23.8 Å². The Morgan fingerprint density at radius 1 is 0.806 bits per heavy atom. The number of fused-ring (bicyclic) bond motifs is 2. The minimum Gasteiger partial charge on any atom is -0.454 e. The predicted molar refractivity (Wildman–Crippen MR) is 119 cm³/mol. The lowest BCUT2D eigenvalue weighted by atomic mass is 9.92. The van der Waals surface area contributed by atoms with E-state index >= 15 is 0 Å². The van der Waals surface area contributed by atoms with Crippen LogP contribution in [0, 0.1) is 0 Å². The zero-order valence-corrected chi connectivity index (χ0v) is 18.3. The molecule has 4 aliphatic heterocycles. The quantitative estimate of drug-likeness (QED) is 0.752. The van der Waals surface area contributed by atoms with Gasteiger partial charge in [-0.3, -0.25) is 0 Å². The Labute approximate surface area is 184 Å². The minimum absolute atomic E-state index is 0.342. The molecule has 0 atom stereocenters. The van der Waals surface area contributed by atoms with Crippen molar-refractivity contribution in [1.82, 2.24) is 19.7 Å². The van der Waals surface area contributed by atoms with Gasteiger partial charge in [0.05, 0.1) is 0 Å². The van der Waals surface area contributed by atoms with Gasteiger partial charge in [-0.25, -0.2) is 0 Å². The van der Waals surface area contributed by atoms with Crippen molar-refractivity contribution in [3.8, 4) is 11.5 Å². The molecular formula is C24H33N5O2. The molecule has 0 saturated carbocycles. The summed E-state index contributed by atoms with van der Waals surface area (Å²) in [5.74, 6) is 4.84. The van der Waals surface area contributed by atoms with Crippen molar-refractivity contribution in [3.05, 3.63) is 29.8 Å². The van der Waals surface area contributed by atoms with Gasteiger partial charge in [-0.05, 0) is 63.7 Å². The molecular weight excluding hydrogens is 390 g/mol. The zero-order valence-electron chi connectivity index (χ0n) is 18.3. The Balaban J connectivity index is 1.04. The zero-order chi connectivity index (χ0) is 20.6. The molecule has 0 spiro atoms. The largest absolute Gasteiger partial charge is 0.454 e. The van der Waals surface area contributed by atoms with E-state index in [1.165, 1.54) is 75.4 Å². The van der Waals surface area contributed by atoms with Crippen LogP contribution in [-0.2, 0) is 13.0 Å². The average molecular weight is 424 g/mol. The predicted octanol–water partition coefficient (Wildman–Crippen LogP) is 3.58. The standard InChI is InChI=1S/C24H33N5O2/c1-2-4-23-25-26-24(29(23)11-3-1)18-7-12-27(13-8-18)19-9-14-28(15-10-19)20-5-6-21-22(16-20)31-17-30-21/h5-6,16,18-19H,1-4,7-15,17H2. The molecule has 7 nitrogen and oxygen atoms in total.